The van der Waals surface area contributed by atoms with Gasteiger partial charge in [0.15, 0.2) is 0 Å². The van der Waals surface area contributed by atoms with Crippen LogP contribution < -0.4 is 5.45 Å². The largest absolute Gasteiger partial charge is 0.465 e. The van der Waals surface area contributed by atoms with E-state index >= 15 is 0 Å². The van der Waals surface area contributed by atoms with Crippen molar-refractivity contribution < 1.29 is 18.8 Å². The lowest BCUT2D eigenvalue weighted by molar-refractivity contribution is -0.429. The molecule has 0 aliphatic heterocycles. The summed E-state index contributed by atoms with van der Waals surface area (Å²) in [5.41, 5.74) is -1.68. The molecule has 1 heterocycles. The number of hydrogen-bond donors (Lipinski definition) is 0. The molecule has 0 atom stereocenters. The molecule has 0 fully saturated rings. The van der Waals surface area contributed by atoms with Crippen LogP contribution in [0.15, 0.2) is 6.33 Å². The molecule has 0 radical (unpaired) electrons. The Bertz CT molecular complexity index is 388. The zero-order chi connectivity index (χ0) is 10.9. The highest BCUT2D eigenvalue weighted by Crippen LogP contribution is 2.24. The summed E-state index contributed by atoms with van der Waals surface area (Å²) in [5, 5.41) is 20.3. The molecule has 14 heavy (non-hydrogen) atoms. The van der Waals surface area contributed by atoms with Gasteiger partial charge in [0, 0.05) is 4.98 Å². The van der Waals surface area contributed by atoms with E-state index in [1.165, 1.54) is 0 Å². The Balaban J connectivity index is 3.35. The van der Waals surface area contributed by atoms with Gasteiger partial charge in [0.05, 0.1) is 0 Å². The van der Waals surface area contributed by atoms with Crippen LogP contribution >= 0.6 is 0 Å². The van der Waals surface area contributed by atoms with Gasteiger partial charge < -0.3 is 20.2 Å². The minimum absolute atomic E-state index is 0.274. The molecule has 0 N–H and O–H groups in total. The summed E-state index contributed by atoms with van der Waals surface area (Å²) in [6.45, 7) is 0. The Morgan fingerprint density at radius 3 is 2.29 bits per heavy atom. The van der Waals surface area contributed by atoms with E-state index in [2.05, 4.69) is 4.98 Å². The van der Waals surface area contributed by atoms with Crippen LogP contribution in [-0.4, -0.2) is 19.5 Å². The second-order valence-corrected chi connectivity index (χ2v) is 1.97. The van der Waals surface area contributed by atoms with E-state index in [1.807, 2.05) is 0 Å². The highest BCUT2D eigenvalue weighted by Gasteiger charge is 2.36. The maximum Gasteiger partial charge on any atom is 0.465 e. The summed E-state index contributed by atoms with van der Waals surface area (Å²) >= 11 is 0. The molecule has 1 rings (SSSR count). The minimum atomic E-state index is -1.68. The average molecular weight is 209 g/mol. The predicted molar refractivity (Wildman–Crippen MR) is 36.0 cm³/mol. The van der Waals surface area contributed by atoms with Crippen molar-refractivity contribution in [3.05, 3.63) is 26.6 Å². The summed E-state index contributed by atoms with van der Waals surface area (Å²) in [7, 11) is 0. The van der Waals surface area contributed by atoms with E-state index in [9.17, 15) is 29.2 Å². The van der Waals surface area contributed by atoms with E-state index in [1.54, 1.807) is 0 Å². The number of hydrogen-bond acceptors (Lipinski definition) is 6. The molecule has 0 amide bonds. The maximum absolute atomic E-state index is 11.9. The van der Waals surface area contributed by atoms with Crippen LogP contribution in [0.3, 0.4) is 0 Å². The molecule has 11 heteroatoms. The lowest BCUT2D eigenvalue weighted by atomic mass is 10.7. The highest BCUT2D eigenvalue weighted by atomic mass is 19.4. The molecule has 9 nitrogen and oxygen atoms in total. The van der Waals surface area contributed by atoms with Crippen LogP contribution in [0.25, 0.3) is 0 Å². The second kappa shape index (κ2) is 3.20. The lowest BCUT2D eigenvalue weighted by Gasteiger charge is -1.96. The van der Waals surface area contributed by atoms with Crippen LogP contribution in [-0.2, 0) is 0 Å². The topological polar surface area (TPSA) is 107 Å². The maximum atomic E-state index is 11.9. The van der Waals surface area contributed by atoms with Crippen LogP contribution in [0.1, 0.15) is 0 Å². The van der Waals surface area contributed by atoms with Crippen LogP contribution in [0, 0.1) is 20.2 Å². The van der Waals surface area contributed by atoms with Crippen molar-refractivity contribution in [1.29, 1.82) is 0 Å². The zero-order valence-electron chi connectivity index (χ0n) is 6.20. The number of nitrogens with zero attached hydrogens (tertiary/aromatic N) is 5. The van der Waals surface area contributed by atoms with Crippen molar-refractivity contribution >= 4 is 11.6 Å². The first-order valence-electron chi connectivity index (χ1n) is 2.93. The van der Waals surface area contributed by atoms with Gasteiger partial charge in [0.1, 0.15) is 5.45 Å². The van der Waals surface area contributed by atoms with Gasteiger partial charge in [-0.25, -0.2) is 0 Å². The number of imidazole rings is 1. The number of halogens is 2. The molecule has 0 aliphatic carbocycles. The van der Waals surface area contributed by atoms with E-state index < -0.39 is 26.9 Å². The predicted octanol–water partition coefficient (Wildman–Crippen LogP) is 0.406. The SMILES string of the molecule is O=[N+]([O-])c1ncn(N(F)F)c1[N+](=O)[O-]. The molecule has 1 aromatic rings. The Hall–Kier alpha value is -2.33. The van der Waals surface area contributed by atoms with Gasteiger partial charge in [-0.15, -0.1) is 0 Å². The van der Waals surface area contributed by atoms with Crippen molar-refractivity contribution in [3.8, 4) is 0 Å². The summed E-state index contributed by atoms with van der Waals surface area (Å²) in [4.78, 5) is 20.6. The summed E-state index contributed by atoms with van der Waals surface area (Å²) in [6.07, 6.45) is 0.274. The molecule has 0 saturated heterocycles. The molecule has 76 valence electrons. The fourth-order valence-electron chi connectivity index (χ4n) is 0.729. The normalized spacial score (nSPS) is 9.86. The first-order chi connectivity index (χ1) is 6.45. The van der Waals surface area contributed by atoms with E-state index in [-0.39, 0.29) is 11.0 Å². The molecule has 0 bridgehead atoms. The van der Waals surface area contributed by atoms with Crippen LogP contribution in [0.4, 0.5) is 20.6 Å². The van der Waals surface area contributed by atoms with Crippen molar-refractivity contribution in [2.24, 2.45) is 0 Å². The zero-order valence-corrected chi connectivity index (χ0v) is 6.20. The van der Waals surface area contributed by atoms with Gasteiger partial charge in [0.25, 0.3) is 0 Å². The molecule has 0 unspecified atom stereocenters. The van der Waals surface area contributed by atoms with Gasteiger partial charge in [0.2, 0.25) is 0 Å². The molecule has 1 aromatic heterocycles. The van der Waals surface area contributed by atoms with Gasteiger partial charge in [-0.1, -0.05) is 0 Å². The highest BCUT2D eigenvalue weighted by molar-refractivity contribution is 5.41. The van der Waals surface area contributed by atoms with E-state index in [0.29, 0.717) is 0 Å². The second-order valence-electron chi connectivity index (χ2n) is 1.97. The van der Waals surface area contributed by atoms with Gasteiger partial charge in [-0.3, -0.25) is 0 Å². The third-order valence-electron chi connectivity index (χ3n) is 1.22. The first-order valence-corrected chi connectivity index (χ1v) is 2.93. The summed E-state index contributed by atoms with van der Waals surface area (Å²) in [6, 6.07) is 0. The standard InChI is InChI=1S/C3HF2N5O4/c4-10(5)7-1-6-2(8(11)12)3(7)9(13)14/h1H. The van der Waals surface area contributed by atoms with Crippen LogP contribution in [0.5, 0.6) is 0 Å². The average Bonchev–Trinajstić information content (AvgIpc) is 2.46. The quantitative estimate of drug-likeness (QED) is 0.405. The van der Waals surface area contributed by atoms with Crippen molar-refractivity contribution in [2.75, 3.05) is 5.45 Å². The van der Waals surface area contributed by atoms with Crippen molar-refractivity contribution in [1.82, 2.24) is 9.66 Å². The van der Waals surface area contributed by atoms with Gasteiger partial charge in [-0.2, -0.15) is 0 Å². The third kappa shape index (κ3) is 1.41. The van der Waals surface area contributed by atoms with E-state index in [0.717, 1.165) is 0 Å². The Kier molecular flexibility index (Phi) is 2.23. The number of aromatic nitrogens is 2. The molecule has 0 aromatic carbocycles. The molecular formula is C3HF2N5O4. The molecule has 0 aliphatic rings. The fourth-order valence-corrected chi connectivity index (χ4v) is 0.729. The Morgan fingerprint density at radius 1 is 1.36 bits per heavy atom. The Morgan fingerprint density at radius 2 is 1.93 bits per heavy atom. The summed E-state index contributed by atoms with van der Waals surface area (Å²) < 4.78 is 23.4. The van der Waals surface area contributed by atoms with Crippen molar-refractivity contribution in [3.63, 3.8) is 0 Å². The molecule has 0 spiro atoms. The van der Waals surface area contributed by atoms with Crippen molar-refractivity contribution in [2.45, 2.75) is 0 Å². The van der Waals surface area contributed by atoms with Gasteiger partial charge >= 0.3 is 18.0 Å². The summed E-state index contributed by atoms with van der Waals surface area (Å²) in [5.74, 6) is -2.64. The monoisotopic (exact) mass is 209 g/mol. The fraction of sp³-hybridized carbons (Fsp3) is 0. The smallest absolute Gasteiger partial charge is 0.358 e. The van der Waals surface area contributed by atoms with E-state index in [4.69, 9.17) is 0 Å². The molecule has 0 saturated carbocycles. The first kappa shape index (κ1) is 9.76. The minimum Gasteiger partial charge on any atom is -0.358 e. The number of rotatable bonds is 3. The molecular weight excluding hydrogens is 208 g/mol. The third-order valence-corrected chi connectivity index (χ3v) is 1.22. The number of nitro groups is 2. The van der Waals surface area contributed by atoms with Gasteiger partial charge in [-0.05, 0) is 23.5 Å². The Labute approximate surface area is 73.3 Å². The lowest BCUT2D eigenvalue weighted by Crippen LogP contribution is -2.16. The van der Waals surface area contributed by atoms with Crippen LogP contribution in [0.2, 0.25) is 0 Å².